The number of benzene rings is 2. The molecule has 0 aliphatic rings. The van der Waals surface area contributed by atoms with E-state index in [1.807, 2.05) is 6.07 Å². The normalized spacial score (nSPS) is 9.78. The quantitative estimate of drug-likeness (QED) is 0.736. The summed E-state index contributed by atoms with van der Waals surface area (Å²) in [4.78, 5) is 23.6. The molecular formula is C16H10Br2N2O3. The van der Waals surface area contributed by atoms with E-state index in [4.69, 9.17) is 10.00 Å². The van der Waals surface area contributed by atoms with Gasteiger partial charge in [0.25, 0.3) is 5.91 Å². The van der Waals surface area contributed by atoms with E-state index in [-0.39, 0.29) is 5.56 Å². The Balaban J connectivity index is 1.90. The fourth-order valence-electron chi connectivity index (χ4n) is 1.67. The molecule has 0 spiro atoms. The molecule has 116 valence electrons. The molecule has 5 nitrogen and oxygen atoms in total. The number of anilines is 1. The van der Waals surface area contributed by atoms with Crippen molar-refractivity contribution in [3.05, 3.63) is 62.5 Å². The predicted octanol–water partition coefficient (Wildman–Crippen LogP) is 3.88. The number of halogens is 2. The maximum absolute atomic E-state index is 11.8. The van der Waals surface area contributed by atoms with Crippen molar-refractivity contribution < 1.29 is 14.3 Å². The lowest BCUT2D eigenvalue weighted by molar-refractivity contribution is -0.119. The van der Waals surface area contributed by atoms with Gasteiger partial charge in [-0.2, -0.15) is 5.26 Å². The number of nitriles is 1. The van der Waals surface area contributed by atoms with Crippen LogP contribution in [0.25, 0.3) is 0 Å². The first-order chi connectivity index (χ1) is 11.0. The zero-order valence-electron chi connectivity index (χ0n) is 11.7. The second-order valence-corrected chi connectivity index (χ2v) is 6.21. The molecule has 2 aromatic carbocycles. The molecule has 0 bridgehead atoms. The Morgan fingerprint density at radius 3 is 2.43 bits per heavy atom. The number of rotatable bonds is 4. The fourth-order valence-corrected chi connectivity index (χ4v) is 2.82. The van der Waals surface area contributed by atoms with Gasteiger partial charge in [-0.25, -0.2) is 4.79 Å². The van der Waals surface area contributed by atoms with Crippen LogP contribution in [0, 0.1) is 11.3 Å². The van der Waals surface area contributed by atoms with Crippen molar-refractivity contribution in [2.75, 3.05) is 11.9 Å². The average molecular weight is 438 g/mol. The first kappa shape index (κ1) is 17.2. The molecule has 0 unspecified atom stereocenters. The van der Waals surface area contributed by atoms with Crippen LogP contribution in [0.3, 0.4) is 0 Å². The van der Waals surface area contributed by atoms with Crippen LogP contribution in [0.4, 0.5) is 5.69 Å². The minimum absolute atomic E-state index is 0.279. The Bertz CT molecular complexity index is 783. The van der Waals surface area contributed by atoms with Gasteiger partial charge in [-0.05, 0) is 58.4 Å². The molecule has 0 radical (unpaired) electrons. The summed E-state index contributed by atoms with van der Waals surface area (Å²) in [7, 11) is 0. The summed E-state index contributed by atoms with van der Waals surface area (Å²) in [5, 5.41) is 11.3. The van der Waals surface area contributed by atoms with E-state index >= 15 is 0 Å². The molecule has 7 heteroatoms. The van der Waals surface area contributed by atoms with Gasteiger partial charge >= 0.3 is 5.97 Å². The van der Waals surface area contributed by atoms with Gasteiger partial charge < -0.3 is 10.1 Å². The van der Waals surface area contributed by atoms with Gasteiger partial charge in [0.2, 0.25) is 0 Å². The van der Waals surface area contributed by atoms with Gasteiger partial charge in [0.05, 0.1) is 22.9 Å². The van der Waals surface area contributed by atoms with Crippen molar-refractivity contribution in [1.82, 2.24) is 0 Å². The summed E-state index contributed by atoms with van der Waals surface area (Å²) in [5.41, 5.74) is 1.30. The number of amides is 1. The van der Waals surface area contributed by atoms with E-state index in [2.05, 4.69) is 37.2 Å². The van der Waals surface area contributed by atoms with Crippen LogP contribution >= 0.6 is 31.9 Å². The highest BCUT2D eigenvalue weighted by atomic mass is 79.9. The van der Waals surface area contributed by atoms with Crippen LogP contribution in [-0.4, -0.2) is 18.5 Å². The summed E-state index contributed by atoms with van der Waals surface area (Å²) in [6.07, 6.45) is 0. The molecule has 0 fully saturated rings. The molecular weight excluding hydrogens is 428 g/mol. The first-order valence-electron chi connectivity index (χ1n) is 6.42. The molecule has 2 rings (SSSR count). The van der Waals surface area contributed by atoms with Gasteiger partial charge in [-0.15, -0.1) is 0 Å². The highest BCUT2D eigenvalue weighted by Gasteiger charge is 2.11. The van der Waals surface area contributed by atoms with Gasteiger partial charge in [0, 0.05) is 8.95 Å². The van der Waals surface area contributed by atoms with Crippen molar-refractivity contribution in [3.63, 3.8) is 0 Å². The number of ether oxygens (including phenoxy) is 1. The van der Waals surface area contributed by atoms with Crippen LogP contribution in [0.2, 0.25) is 0 Å². The molecule has 0 atom stereocenters. The van der Waals surface area contributed by atoms with E-state index in [0.29, 0.717) is 15.7 Å². The molecule has 0 aromatic heterocycles. The van der Waals surface area contributed by atoms with Crippen molar-refractivity contribution in [2.24, 2.45) is 0 Å². The number of esters is 1. The summed E-state index contributed by atoms with van der Waals surface area (Å²) >= 11 is 6.64. The molecule has 23 heavy (non-hydrogen) atoms. The van der Waals surface area contributed by atoms with Crippen LogP contribution in [-0.2, 0) is 9.53 Å². The monoisotopic (exact) mass is 436 g/mol. The van der Waals surface area contributed by atoms with Crippen molar-refractivity contribution in [2.45, 2.75) is 0 Å². The minimum atomic E-state index is -0.625. The number of nitrogens with zero attached hydrogens (tertiary/aromatic N) is 1. The summed E-state index contributed by atoms with van der Waals surface area (Å²) in [6, 6.07) is 13.2. The molecule has 0 saturated heterocycles. The topological polar surface area (TPSA) is 79.2 Å². The van der Waals surface area contributed by atoms with Gasteiger partial charge in [-0.3, -0.25) is 4.79 Å². The third kappa shape index (κ3) is 4.91. The summed E-state index contributed by atoms with van der Waals surface area (Å²) in [5.74, 6) is -1.07. The Morgan fingerprint density at radius 2 is 1.83 bits per heavy atom. The zero-order valence-corrected chi connectivity index (χ0v) is 14.8. The Kier molecular flexibility index (Phi) is 5.90. The van der Waals surface area contributed by atoms with Crippen molar-refractivity contribution >= 4 is 49.4 Å². The Morgan fingerprint density at radius 1 is 1.13 bits per heavy atom. The van der Waals surface area contributed by atoms with Gasteiger partial charge in [-0.1, -0.05) is 15.9 Å². The standard InChI is InChI=1S/C16H10Br2N2O3/c17-12-5-6-14(13(18)7-12)20-15(21)9-23-16(22)11-3-1-10(8-19)2-4-11/h1-7H,9H2,(H,20,21). The summed E-state index contributed by atoms with van der Waals surface area (Å²) in [6.45, 7) is -0.401. The highest BCUT2D eigenvalue weighted by Crippen LogP contribution is 2.26. The van der Waals surface area contributed by atoms with E-state index in [1.165, 1.54) is 24.3 Å². The smallest absolute Gasteiger partial charge is 0.338 e. The largest absolute Gasteiger partial charge is 0.452 e. The highest BCUT2D eigenvalue weighted by molar-refractivity contribution is 9.11. The molecule has 1 N–H and O–H groups in total. The fraction of sp³-hybridized carbons (Fsp3) is 0.0625. The van der Waals surface area contributed by atoms with Gasteiger partial charge in [0.15, 0.2) is 6.61 Å². The lowest BCUT2D eigenvalue weighted by Gasteiger charge is -2.08. The molecule has 0 saturated carbocycles. The van der Waals surface area contributed by atoms with E-state index < -0.39 is 18.5 Å². The Hall–Kier alpha value is -2.17. The maximum atomic E-state index is 11.8. The van der Waals surface area contributed by atoms with Crippen molar-refractivity contribution in [3.8, 4) is 6.07 Å². The third-order valence-corrected chi connectivity index (χ3v) is 3.94. The second-order valence-electron chi connectivity index (χ2n) is 4.44. The van der Waals surface area contributed by atoms with Gasteiger partial charge in [0.1, 0.15) is 0 Å². The minimum Gasteiger partial charge on any atom is -0.452 e. The third-order valence-electron chi connectivity index (χ3n) is 2.79. The number of carbonyl (C=O) groups is 2. The Labute approximate surface area is 149 Å². The van der Waals surface area contributed by atoms with E-state index in [1.54, 1.807) is 18.2 Å². The van der Waals surface area contributed by atoms with Crippen LogP contribution in [0.5, 0.6) is 0 Å². The first-order valence-corrected chi connectivity index (χ1v) is 8.00. The number of hydrogen-bond donors (Lipinski definition) is 1. The number of nitrogens with one attached hydrogen (secondary N) is 1. The maximum Gasteiger partial charge on any atom is 0.338 e. The molecule has 0 heterocycles. The SMILES string of the molecule is N#Cc1ccc(C(=O)OCC(=O)Nc2ccc(Br)cc2Br)cc1. The lowest BCUT2D eigenvalue weighted by atomic mass is 10.1. The predicted molar refractivity (Wildman–Crippen MR) is 91.9 cm³/mol. The molecule has 0 aliphatic heterocycles. The van der Waals surface area contributed by atoms with E-state index in [0.717, 1.165) is 4.47 Å². The van der Waals surface area contributed by atoms with Crippen LogP contribution in [0.15, 0.2) is 51.4 Å². The second kappa shape index (κ2) is 7.90. The molecule has 2 aromatic rings. The average Bonchev–Trinajstić information content (AvgIpc) is 2.55. The number of carbonyl (C=O) groups excluding carboxylic acids is 2. The van der Waals surface area contributed by atoms with Crippen LogP contribution in [0.1, 0.15) is 15.9 Å². The zero-order chi connectivity index (χ0) is 16.8. The van der Waals surface area contributed by atoms with E-state index in [9.17, 15) is 9.59 Å². The molecule has 1 amide bonds. The molecule has 0 aliphatic carbocycles. The van der Waals surface area contributed by atoms with Crippen LogP contribution < -0.4 is 5.32 Å². The summed E-state index contributed by atoms with van der Waals surface area (Å²) < 4.78 is 6.52. The number of hydrogen-bond acceptors (Lipinski definition) is 4. The van der Waals surface area contributed by atoms with Crippen molar-refractivity contribution in [1.29, 1.82) is 5.26 Å². The lowest BCUT2D eigenvalue weighted by Crippen LogP contribution is -2.21.